The number of carbonyl (C=O) groups is 1. The van der Waals surface area contributed by atoms with E-state index in [-0.39, 0.29) is 5.91 Å². The first kappa shape index (κ1) is 12.2. The number of rotatable bonds is 2. The molecule has 0 unspecified atom stereocenters. The van der Waals surface area contributed by atoms with Crippen molar-refractivity contribution in [2.75, 3.05) is 26.2 Å². The fourth-order valence-corrected chi connectivity index (χ4v) is 2.71. The van der Waals surface area contributed by atoms with E-state index >= 15 is 0 Å². The predicted octanol–water partition coefficient (Wildman–Crippen LogP) is 1.38. The Bertz CT molecular complexity index is 596. The van der Waals surface area contributed by atoms with E-state index in [0.717, 1.165) is 37.4 Å². The first-order chi connectivity index (χ1) is 9.25. The molecule has 1 fully saturated rings. The topological polar surface area (TPSA) is 37.3 Å². The molecule has 100 valence electrons. The van der Waals surface area contributed by atoms with Gasteiger partial charge in [0.1, 0.15) is 6.54 Å². The maximum atomic E-state index is 12.3. The summed E-state index contributed by atoms with van der Waals surface area (Å²) in [5.74, 6) is 0.214. The van der Waals surface area contributed by atoms with Crippen molar-refractivity contribution >= 4 is 16.8 Å². The summed E-state index contributed by atoms with van der Waals surface area (Å²) in [7, 11) is 0. The Balaban J connectivity index is 1.84. The van der Waals surface area contributed by atoms with Crippen LogP contribution in [0, 0.1) is 6.92 Å². The maximum Gasteiger partial charge on any atom is 0.242 e. The monoisotopic (exact) mass is 257 g/mol. The number of nitrogens with zero attached hydrogens (tertiary/aromatic N) is 2. The zero-order chi connectivity index (χ0) is 13.2. The second-order valence-electron chi connectivity index (χ2n) is 5.06. The lowest BCUT2D eigenvalue weighted by molar-refractivity contribution is -0.132. The average molecular weight is 257 g/mol. The molecule has 1 aliphatic rings. The molecule has 4 nitrogen and oxygen atoms in total. The van der Waals surface area contributed by atoms with Gasteiger partial charge in [-0.25, -0.2) is 0 Å². The first-order valence-electron chi connectivity index (χ1n) is 6.79. The van der Waals surface area contributed by atoms with Crippen LogP contribution in [0.25, 0.3) is 10.9 Å². The summed E-state index contributed by atoms with van der Waals surface area (Å²) in [6, 6.07) is 10.4. The molecule has 0 spiro atoms. The van der Waals surface area contributed by atoms with E-state index in [1.807, 2.05) is 17.0 Å². The zero-order valence-corrected chi connectivity index (χ0v) is 11.2. The SMILES string of the molecule is Cc1cc2ccccc2n1CC(=O)N1CCNCC1. The van der Waals surface area contributed by atoms with Gasteiger partial charge in [0.05, 0.1) is 0 Å². The number of carbonyl (C=O) groups excluding carboxylic acids is 1. The van der Waals surface area contributed by atoms with E-state index in [4.69, 9.17) is 0 Å². The molecule has 1 amide bonds. The number of benzene rings is 1. The summed E-state index contributed by atoms with van der Waals surface area (Å²) in [5.41, 5.74) is 2.29. The van der Waals surface area contributed by atoms with Crippen LogP contribution in [0.5, 0.6) is 0 Å². The molecule has 19 heavy (non-hydrogen) atoms. The van der Waals surface area contributed by atoms with Crippen LogP contribution in [0.2, 0.25) is 0 Å². The molecular formula is C15H19N3O. The highest BCUT2D eigenvalue weighted by Crippen LogP contribution is 2.19. The number of amides is 1. The zero-order valence-electron chi connectivity index (χ0n) is 11.2. The van der Waals surface area contributed by atoms with Crippen molar-refractivity contribution in [2.24, 2.45) is 0 Å². The summed E-state index contributed by atoms with van der Waals surface area (Å²) < 4.78 is 2.11. The fraction of sp³-hybridized carbons (Fsp3) is 0.400. The molecule has 3 rings (SSSR count). The first-order valence-corrected chi connectivity index (χ1v) is 6.79. The van der Waals surface area contributed by atoms with Crippen molar-refractivity contribution in [3.05, 3.63) is 36.0 Å². The molecular weight excluding hydrogens is 238 g/mol. The molecule has 1 aromatic carbocycles. The van der Waals surface area contributed by atoms with Crippen molar-refractivity contribution < 1.29 is 4.79 Å². The molecule has 0 aliphatic carbocycles. The Hall–Kier alpha value is -1.81. The van der Waals surface area contributed by atoms with Crippen molar-refractivity contribution in [1.29, 1.82) is 0 Å². The highest BCUT2D eigenvalue weighted by atomic mass is 16.2. The van der Waals surface area contributed by atoms with Gasteiger partial charge in [-0.05, 0) is 24.4 Å². The van der Waals surface area contributed by atoms with E-state index in [1.165, 1.54) is 5.39 Å². The van der Waals surface area contributed by atoms with Gasteiger partial charge >= 0.3 is 0 Å². The van der Waals surface area contributed by atoms with Gasteiger partial charge in [0.25, 0.3) is 0 Å². The van der Waals surface area contributed by atoms with Crippen LogP contribution >= 0.6 is 0 Å². The van der Waals surface area contributed by atoms with Crippen LogP contribution in [-0.2, 0) is 11.3 Å². The van der Waals surface area contributed by atoms with Crippen LogP contribution in [0.15, 0.2) is 30.3 Å². The Kier molecular flexibility index (Phi) is 3.25. The largest absolute Gasteiger partial charge is 0.339 e. The summed E-state index contributed by atoms with van der Waals surface area (Å²) >= 11 is 0. The number of para-hydroxylation sites is 1. The highest BCUT2D eigenvalue weighted by Gasteiger charge is 2.17. The second-order valence-corrected chi connectivity index (χ2v) is 5.06. The summed E-state index contributed by atoms with van der Waals surface area (Å²) in [4.78, 5) is 14.3. The normalized spacial score (nSPS) is 15.9. The molecule has 1 aliphatic heterocycles. The molecule has 4 heteroatoms. The molecule has 2 aromatic rings. The number of fused-ring (bicyclic) bond motifs is 1. The molecule has 0 bridgehead atoms. The number of nitrogens with one attached hydrogen (secondary N) is 1. The van der Waals surface area contributed by atoms with E-state index in [1.54, 1.807) is 0 Å². The van der Waals surface area contributed by atoms with Crippen LogP contribution in [-0.4, -0.2) is 41.6 Å². The van der Waals surface area contributed by atoms with Gasteiger partial charge in [0.15, 0.2) is 0 Å². The Morgan fingerprint density at radius 2 is 2.00 bits per heavy atom. The molecule has 1 saturated heterocycles. The smallest absolute Gasteiger partial charge is 0.242 e. The van der Waals surface area contributed by atoms with Crippen molar-refractivity contribution in [3.8, 4) is 0 Å². The van der Waals surface area contributed by atoms with Gasteiger partial charge in [0, 0.05) is 37.4 Å². The minimum atomic E-state index is 0.214. The Morgan fingerprint density at radius 3 is 2.79 bits per heavy atom. The van der Waals surface area contributed by atoms with Crippen LogP contribution in [0.4, 0.5) is 0 Å². The minimum absolute atomic E-state index is 0.214. The molecule has 1 N–H and O–H groups in total. The van der Waals surface area contributed by atoms with Gasteiger partial charge in [-0.1, -0.05) is 18.2 Å². The third kappa shape index (κ3) is 2.36. The summed E-state index contributed by atoms with van der Waals surface area (Å²) in [6.45, 7) is 5.94. The van der Waals surface area contributed by atoms with E-state index in [9.17, 15) is 4.79 Å². The lowest BCUT2D eigenvalue weighted by atomic mass is 10.2. The molecule has 1 aromatic heterocycles. The summed E-state index contributed by atoms with van der Waals surface area (Å²) in [5, 5.41) is 4.47. The average Bonchev–Trinajstić information content (AvgIpc) is 2.76. The summed E-state index contributed by atoms with van der Waals surface area (Å²) in [6.07, 6.45) is 0. The highest BCUT2D eigenvalue weighted by molar-refractivity contribution is 5.84. The van der Waals surface area contributed by atoms with Crippen LogP contribution < -0.4 is 5.32 Å². The molecule has 2 heterocycles. The number of piperazine rings is 1. The third-order valence-corrected chi connectivity index (χ3v) is 3.78. The van der Waals surface area contributed by atoms with Crippen LogP contribution in [0.1, 0.15) is 5.69 Å². The van der Waals surface area contributed by atoms with Crippen molar-refractivity contribution in [3.63, 3.8) is 0 Å². The molecule has 0 radical (unpaired) electrons. The van der Waals surface area contributed by atoms with E-state index in [0.29, 0.717) is 6.54 Å². The van der Waals surface area contributed by atoms with Crippen molar-refractivity contribution in [2.45, 2.75) is 13.5 Å². The van der Waals surface area contributed by atoms with E-state index < -0.39 is 0 Å². The second kappa shape index (κ2) is 5.05. The minimum Gasteiger partial charge on any atom is -0.339 e. The number of hydrogen-bond donors (Lipinski definition) is 1. The predicted molar refractivity (Wildman–Crippen MR) is 76.1 cm³/mol. The fourth-order valence-electron chi connectivity index (χ4n) is 2.71. The molecule has 0 saturated carbocycles. The van der Waals surface area contributed by atoms with E-state index in [2.05, 4.69) is 35.0 Å². The van der Waals surface area contributed by atoms with Gasteiger partial charge in [-0.2, -0.15) is 0 Å². The van der Waals surface area contributed by atoms with Crippen molar-refractivity contribution in [1.82, 2.24) is 14.8 Å². The number of aryl methyl sites for hydroxylation is 1. The van der Waals surface area contributed by atoms with Gasteiger partial charge < -0.3 is 14.8 Å². The number of hydrogen-bond acceptors (Lipinski definition) is 2. The van der Waals surface area contributed by atoms with Gasteiger partial charge in [-0.15, -0.1) is 0 Å². The lowest BCUT2D eigenvalue weighted by Gasteiger charge is -2.28. The molecule has 0 atom stereocenters. The Labute approximate surface area is 113 Å². The quantitative estimate of drug-likeness (QED) is 0.882. The third-order valence-electron chi connectivity index (χ3n) is 3.78. The standard InChI is InChI=1S/C15H19N3O/c1-12-10-13-4-2-3-5-14(13)18(12)11-15(19)17-8-6-16-7-9-17/h2-5,10,16H,6-9,11H2,1H3. The maximum absolute atomic E-state index is 12.3. The van der Waals surface area contributed by atoms with Gasteiger partial charge in [0.2, 0.25) is 5.91 Å². The lowest BCUT2D eigenvalue weighted by Crippen LogP contribution is -2.47. The van der Waals surface area contributed by atoms with Crippen LogP contribution in [0.3, 0.4) is 0 Å². The number of aromatic nitrogens is 1. The Morgan fingerprint density at radius 1 is 1.26 bits per heavy atom. The van der Waals surface area contributed by atoms with Gasteiger partial charge in [-0.3, -0.25) is 4.79 Å².